The van der Waals surface area contributed by atoms with E-state index >= 15 is 0 Å². The number of rotatable bonds is 7. The Hall–Kier alpha value is -1.78. The lowest BCUT2D eigenvalue weighted by Crippen LogP contribution is -2.04. The Labute approximate surface area is 99.4 Å². The van der Waals surface area contributed by atoms with Crippen molar-refractivity contribution in [2.45, 2.75) is 19.3 Å². The van der Waals surface area contributed by atoms with E-state index in [9.17, 15) is 9.18 Å². The van der Waals surface area contributed by atoms with Gasteiger partial charge in [0.15, 0.2) is 0 Å². The molecule has 0 fully saturated rings. The van der Waals surface area contributed by atoms with Crippen molar-refractivity contribution in [3.05, 3.63) is 24.0 Å². The van der Waals surface area contributed by atoms with Gasteiger partial charge in [0.1, 0.15) is 11.6 Å². The molecule has 0 spiro atoms. The summed E-state index contributed by atoms with van der Waals surface area (Å²) in [6.07, 6.45) is 1.53. The van der Waals surface area contributed by atoms with Crippen LogP contribution in [0.1, 0.15) is 19.3 Å². The van der Waals surface area contributed by atoms with E-state index in [1.807, 2.05) is 0 Å². The Kier molecular flexibility index (Phi) is 5.26. The van der Waals surface area contributed by atoms with E-state index in [-0.39, 0.29) is 12.2 Å². The van der Waals surface area contributed by atoms with Crippen molar-refractivity contribution < 1.29 is 19.0 Å². The first-order valence-corrected chi connectivity index (χ1v) is 5.42. The summed E-state index contributed by atoms with van der Waals surface area (Å²) in [4.78, 5) is 10.3. The minimum absolute atomic E-state index is 0.169. The van der Waals surface area contributed by atoms with Crippen molar-refractivity contribution in [1.29, 1.82) is 0 Å². The van der Waals surface area contributed by atoms with Gasteiger partial charge in [-0.25, -0.2) is 4.39 Å². The fourth-order valence-corrected chi connectivity index (χ4v) is 1.44. The first-order valence-electron chi connectivity index (χ1n) is 5.42. The largest absolute Gasteiger partial charge is 0.494 e. The van der Waals surface area contributed by atoms with Gasteiger partial charge in [-0.3, -0.25) is 4.79 Å². The van der Waals surface area contributed by atoms with Gasteiger partial charge in [0.2, 0.25) is 0 Å². The predicted molar refractivity (Wildman–Crippen MR) is 62.9 cm³/mol. The summed E-state index contributed by atoms with van der Waals surface area (Å²) in [6, 6.07) is 4.26. The predicted octanol–water partition coefficient (Wildman–Crippen LogP) is 2.50. The molecule has 0 aromatic heterocycles. The summed E-state index contributed by atoms with van der Waals surface area (Å²) in [7, 11) is 1.48. The maximum atomic E-state index is 12.9. The lowest BCUT2D eigenvalue weighted by Gasteiger charge is -2.10. The molecule has 5 heteroatoms. The number of hydrogen-bond donors (Lipinski definition) is 2. The zero-order valence-corrected chi connectivity index (χ0v) is 9.70. The molecule has 0 unspecified atom stereocenters. The summed E-state index contributed by atoms with van der Waals surface area (Å²) < 4.78 is 17.9. The van der Waals surface area contributed by atoms with Gasteiger partial charge in [0.25, 0.3) is 0 Å². The van der Waals surface area contributed by atoms with Crippen LogP contribution in [0.2, 0.25) is 0 Å². The molecule has 1 rings (SSSR count). The first kappa shape index (κ1) is 13.3. The number of carboxylic acid groups (broad SMARTS) is 1. The Balaban J connectivity index is 2.38. The maximum absolute atomic E-state index is 12.9. The number of carbonyl (C=O) groups is 1. The van der Waals surface area contributed by atoms with Gasteiger partial charge < -0.3 is 15.2 Å². The van der Waals surface area contributed by atoms with Crippen LogP contribution in [0.3, 0.4) is 0 Å². The summed E-state index contributed by atoms with van der Waals surface area (Å²) in [5.41, 5.74) is 0.712. The number of benzene rings is 1. The molecular formula is C12H16FNO3. The fraction of sp³-hybridized carbons (Fsp3) is 0.417. The molecule has 0 heterocycles. The van der Waals surface area contributed by atoms with Crippen LogP contribution in [-0.4, -0.2) is 24.7 Å². The Bertz CT molecular complexity index is 382. The number of aliphatic carboxylic acids is 1. The number of nitrogens with one attached hydrogen (secondary N) is 1. The molecule has 0 saturated carbocycles. The van der Waals surface area contributed by atoms with E-state index in [0.29, 0.717) is 24.4 Å². The first-order chi connectivity index (χ1) is 8.13. The molecule has 0 atom stereocenters. The quantitative estimate of drug-likeness (QED) is 0.720. The van der Waals surface area contributed by atoms with E-state index in [0.717, 1.165) is 6.42 Å². The molecule has 0 amide bonds. The zero-order chi connectivity index (χ0) is 12.7. The topological polar surface area (TPSA) is 58.6 Å². The standard InChI is InChI=1S/C12H16FNO3/c1-17-11-8-9(13)5-6-10(11)14-7-3-2-4-12(15)16/h5-6,8,14H,2-4,7H2,1H3,(H,15,16). The molecule has 1 aromatic carbocycles. The van der Waals surface area contributed by atoms with E-state index in [1.165, 1.54) is 19.2 Å². The molecule has 4 nitrogen and oxygen atoms in total. The zero-order valence-electron chi connectivity index (χ0n) is 9.70. The van der Waals surface area contributed by atoms with Crippen LogP contribution in [0, 0.1) is 5.82 Å². The van der Waals surface area contributed by atoms with Crippen molar-refractivity contribution >= 4 is 11.7 Å². The average molecular weight is 241 g/mol. The van der Waals surface area contributed by atoms with Gasteiger partial charge in [0.05, 0.1) is 12.8 Å². The van der Waals surface area contributed by atoms with Crippen molar-refractivity contribution in [2.75, 3.05) is 19.0 Å². The molecule has 94 valence electrons. The molecule has 0 saturated heterocycles. The van der Waals surface area contributed by atoms with Crippen molar-refractivity contribution in [3.8, 4) is 5.75 Å². The van der Waals surface area contributed by atoms with E-state index < -0.39 is 5.97 Å². The molecule has 0 aliphatic carbocycles. The summed E-state index contributed by atoms with van der Waals surface area (Å²) in [6.45, 7) is 0.634. The van der Waals surface area contributed by atoms with Crippen molar-refractivity contribution in [1.82, 2.24) is 0 Å². The Morgan fingerprint density at radius 2 is 2.24 bits per heavy atom. The normalized spacial score (nSPS) is 10.0. The number of hydrogen-bond acceptors (Lipinski definition) is 3. The lowest BCUT2D eigenvalue weighted by molar-refractivity contribution is -0.137. The third-order valence-corrected chi connectivity index (χ3v) is 2.30. The van der Waals surface area contributed by atoms with Crippen LogP contribution in [0.15, 0.2) is 18.2 Å². The van der Waals surface area contributed by atoms with E-state index in [2.05, 4.69) is 5.32 Å². The number of ether oxygens (including phenoxy) is 1. The monoisotopic (exact) mass is 241 g/mol. The van der Waals surface area contributed by atoms with Gasteiger partial charge in [-0.2, -0.15) is 0 Å². The van der Waals surface area contributed by atoms with Gasteiger partial charge in [-0.1, -0.05) is 0 Å². The molecule has 17 heavy (non-hydrogen) atoms. The highest BCUT2D eigenvalue weighted by Gasteiger charge is 2.03. The van der Waals surface area contributed by atoms with Crippen LogP contribution < -0.4 is 10.1 Å². The van der Waals surface area contributed by atoms with E-state index in [4.69, 9.17) is 9.84 Å². The van der Waals surface area contributed by atoms with Crippen molar-refractivity contribution in [2.24, 2.45) is 0 Å². The third kappa shape index (κ3) is 4.72. The Morgan fingerprint density at radius 1 is 1.47 bits per heavy atom. The highest BCUT2D eigenvalue weighted by atomic mass is 19.1. The van der Waals surface area contributed by atoms with Crippen molar-refractivity contribution in [3.63, 3.8) is 0 Å². The molecule has 0 aliphatic heterocycles. The van der Waals surface area contributed by atoms with Gasteiger partial charge in [-0.05, 0) is 25.0 Å². The highest BCUT2D eigenvalue weighted by molar-refractivity contribution is 5.66. The average Bonchev–Trinajstić information content (AvgIpc) is 2.29. The van der Waals surface area contributed by atoms with Gasteiger partial charge >= 0.3 is 5.97 Å². The summed E-state index contributed by atoms with van der Waals surface area (Å²) >= 11 is 0. The summed E-state index contributed by atoms with van der Waals surface area (Å²) in [5, 5.41) is 11.5. The minimum atomic E-state index is -0.788. The molecule has 0 aliphatic rings. The van der Waals surface area contributed by atoms with E-state index in [1.54, 1.807) is 6.07 Å². The molecule has 0 radical (unpaired) electrons. The maximum Gasteiger partial charge on any atom is 0.303 e. The number of halogens is 1. The Morgan fingerprint density at radius 3 is 2.88 bits per heavy atom. The molecule has 2 N–H and O–H groups in total. The third-order valence-electron chi connectivity index (χ3n) is 2.30. The molecular weight excluding hydrogens is 225 g/mol. The van der Waals surface area contributed by atoms with Crippen LogP contribution in [0.4, 0.5) is 10.1 Å². The minimum Gasteiger partial charge on any atom is -0.494 e. The second kappa shape index (κ2) is 6.73. The summed E-state index contributed by atoms with van der Waals surface area (Å²) in [5.74, 6) is -0.689. The number of anilines is 1. The molecule has 0 bridgehead atoms. The number of unbranched alkanes of at least 4 members (excludes halogenated alkanes) is 1. The number of methoxy groups -OCH3 is 1. The van der Waals surface area contributed by atoms with Gasteiger partial charge in [0, 0.05) is 19.0 Å². The second-order valence-corrected chi connectivity index (χ2v) is 3.62. The van der Waals surface area contributed by atoms with Gasteiger partial charge in [-0.15, -0.1) is 0 Å². The highest BCUT2D eigenvalue weighted by Crippen LogP contribution is 2.24. The van der Waals surface area contributed by atoms with Crippen LogP contribution in [0.25, 0.3) is 0 Å². The molecule has 1 aromatic rings. The van der Waals surface area contributed by atoms with Crippen LogP contribution in [-0.2, 0) is 4.79 Å². The van der Waals surface area contributed by atoms with Crippen LogP contribution in [0.5, 0.6) is 5.75 Å². The SMILES string of the molecule is COc1cc(F)ccc1NCCCCC(=O)O. The lowest BCUT2D eigenvalue weighted by atomic mass is 10.2. The smallest absolute Gasteiger partial charge is 0.303 e. The second-order valence-electron chi connectivity index (χ2n) is 3.62. The fourth-order valence-electron chi connectivity index (χ4n) is 1.44. The van der Waals surface area contributed by atoms with Crippen LogP contribution >= 0.6 is 0 Å². The number of carboxylic acids is 1.